The average molecular weight is 309 g/mol. The van der Waals surface area contributed by atoms with E-state index < -0.39 is 6.03 Å². The molecule has 1 aromatic carbocycles. The lowest BCUT2D eigenvalue weighted by Crippen LogP contribution is -2.28. The van der Waals surface area contributed by atoms with E-state index in [9.17, 15) is 9.70 Å². The molecule has 8 nitrogen and oxygen atoms in total. The number of ether oxygens (including phenoxy) is 1. The summed E-state index contributed by atoms with van der Waals surface area (Å²) in [6.45, 7) is 0.335. The second-order valence-corrected chi connectivity index (χ2v) is 4.94. The maximum atomic E-state index is 11.7. The van der Waals surface area contributed by atoms with Crippen LogP contribution in [-0.2, 0) is 6.54 Å². The predicted molar refractivity (Wildman–Crippen MR) is 76.0 cm³/mol. The summed E-state index contributed by atoms with van der Waals surface area (Å²) >= 11 is 0.860. The van der Waals surface area contributed by atoms with Gasteiger partial charge in [0.25, 0.3) is 4.92 Å². The van der Waals surface area contributed by atoms with Crippen LogP contribution in [0.5, 0.6) is 5.75 Å². The zero-order chi connectivity index (χ0) is 15.2. The number of hydrogen-bond acceptors (Lipinski definition) is 5. The highest BCUT2D eigenvalue weighted by molar-refractivity contribution is 7.18. The fourth-order valence-electron chi connectivity index (χ4n) is 1.48. The molecule has 0 aliphatic heterocycles. The number of anilines is 1. The van der Waals surface area contributed by atoms with Crippen LogP contribution in [0, 0.1) is 4.91 Å². The SMILES string of the molecule is COc1ccc(CNC(=O)Nc2ncc([N+](=O)O)s2)cc1. The molecule has 1 heterocycles. The van der Waals surface area contributed by atoms with Crippen molar-refractivity contribution in [2.24, 2.45) is 0 Å². The molecule has 0 atom stereocenters. The summed E-state index contributed by atoms with van der Waals surface area (Å²) < 4.78 is 5.04. The van der Waals surface area contributed by atoms with Crippen molar-refractivity contribution in [1.82, 2.24) is 10.3 Å². The third-order valence-electron chi connectivity index (χ3n) is 2.51. The van der Waals surface area contributed by atoms with Gasteiger partial charge in [-0.15, -0.1) is 0 Å². The second-order valence-electron chi connectivity index (χ2n) is 3.93. The monoisotopic (exact) mass is 309 g/mol. The van der Waals surface area contributed by atoms with Crippen molar-refractivity contribution >= 4 is 27.5 Å². The molecule has 0 saturated heterocycles. The first-order valence-electron chi connectivity index (χ1n) is 5.88. The summed E-state index contributed by atoms with van der Waals surface area (Å²) in [5.41, 5.74) is 0.909. The maximum Gasteiger partial charge on any atom is 0.392 e. The van der Waals surface area contributed by atoms with E-state index in [1.807, 2.05) is 12.1 Å². The molecule has 0 spiro atoms. The molecule has 1 aromatic heterocycles. The number of amides is 2. The van der Waals surface area contributed by atoms with Gasteiger partial charge in [0.1, 0.15) is 11.9 Å². The van der Waals surface area contributed by atoms with E-state index in [0.29, 0.717) is 6.54 Å². The lowest BCUT2D eigenvalue weighted by molar-refractivity contribution is -0.727. The minimum atomic E-state index is -0.456. The maximum absolute atomic E-state index is 11.7. The number of carbonyl (C=O) groups is 1. The Bertz CT molecular complexity index is 641. The predicted octanol–water partition coefficient (Wildman–Crippen LogP) is 2.27. The van der Waals surface area contributed by atoms with Crippen LogP contribution >= 0.6 is 11.3 Å². The van der Waals surface area contributed by atoms with E-state index >= 15 is 0 Å². The van der Waals surface area contributed by atoms with Crippen LogP contribution in [0.15, 0.2) is 30.5 Å². The van der Waals surface area contributed by atoms with Crippen LogP contribution in [0.25, 0.3) is 0 Å². The van der Waals surface area contributed by atoms with Gasteiger partial charge in [0, 0.05) is 6.54 Å². The first-order valence-corrected chi connectivity index (χ1v) is 6.70. The molecule has 0 unspecified atom stereocenters. The lowest BCUT2D eigenvalue weighted by Gasteiger charge is -2.06. The van der Waals surface area contributed by atoms with Gasteiger partial charge >= 0.3 is 11.0 Å². The minimum absolute atomic E-state index is 0.0135. The smallest absolute Gasteiger partial charge is 0.392 e. The third kappa shape index (κ3) is 4.14. The standard InChI is InChI=1S/C12H12N4O4S/c1-20-9-4-2-8(3-5-9)6-13-11(17)15-12-14-7-10(21-12)16(18)19/h2-5,7H,6H2,1H3,(H2-,13,14,15,17,18,19)/p+1. The Morgan fingerprint density at radius 3 is 2.71 bits per heavy atom. The number of thiazole rings is 1. The van der Waals surface area contributed by atoms with Crippen LogP contribution < -0.4 is 15.4 Å². The molecule has 0 saturated carbocycles. The van der Waals surface area contributed by atoms with Gasteiger partial charge in [-0.3, -0.25) is 5.32 Å². The number of methoxy groups -OCH3 is 1. The molecule has 2 amide bonds. The Hall–Kier alpha value is -2.68. The van der Waals surface area contributed by atoms with Crippen molar-refractivity contribution in [3.05, 3.63) is 40.9 Å². The lowest BCUT2D eigenvalue weighted by atomic mass is 10.2. The Balaban J connectivity index is 1.84. The molecule has 9 heteroatoms. The van der Waals surface area contributed by atoms with Gasteiger partial charge < -0.3 is 10.1 Å². The van der Waals surface area contributed by atoms with E-state index in [1.165, 1.54) is 0 Å². The Kier molecular flexibility index (Phi) is 4.67. The molecular formula is C12H13N4O4S+. The molecule has 0 aliphatic rings. The van der Waals surface area contributed by atoms with Gasteiger partial charge in [-0.2, -0.15) is 0 Å². The summed E-state index contributed by atoms with van der Waals surface area (Å²) in [6, 6.07) is 6.81. The number of nitrogens with zero attached hydrogens (tertiary/aromatic N) is 2. The minimum Gasteiger partial charge on any atom is -0.497 e. The van der Waals surface area contributed by atoms with Crippen LogP contribution in [-0.4, -0.2) is 28.3 Å². The van der Waals surface area contributed by atoms with Crippen molar-refractivity contribution in [3.63, 3.8) is 0 Å². The zero-order valence-corrected chi connectivity index (χ0v) is 11.9. The Morgan fingerprint density at radius 2 is 2.14 bits per heavy atom. The number of urea groups is 1. The molecular weight excluding hydrogens is 296 g/mol. The molecule has 2 rings (SSSR count). The second kappa shape index (κ2) is 6.66. The van der Waals surface area contributed by atoms with Gasteiger partial charge in [0.15, 0.2) is 5.13 Å². The first kappa shape index (κ1) is 14.7. The molecule has 0 bridgehead atoms. The number of benzene rings is 1. The normalized spacial score (nSPS) is 9.95. The van der Waals surface area contributed by atoms with Crippen LogP contribution in [0.2, 0.25) is 0 Å². The highest BCUT2D eigenvalue weighted by Crippen LogP contribution is 2.24. The van der Waals surface area contributed by atoms with Crippen molar-refractivity contribution in [1.29, 1.82) is 0 Å². The zero-order valence-electron chi connectivity index (χ0n) is 11.1. The molecule has 110 valence electrons. The van der Waals surface area contributed by atoms with Gasteiger partial charge in [-0.1, -0.05) is 12.1 Å². The number of carbonyl (C=O) groups excluding carboxylic acids is 1. The summed E-state index contributed by atoms with van der Waals surface area (Å²) in [5.74, 6) is 0.740. The quantitative estimate of drug-likeness (QED) is 0.735. The molecule has 0 aliphatic carbocycles. The third-order valence-corrected chi connectivity index (χ3v) is 3.39. The van der Waals surface area contributed by atoms with E-state index in [-0.39, 0.29) is 15.1 Å². The van der Waals surface area contributed by atoms with Crippen LogP contribution in [0.4, 0.5) is 14.9 Å². The highest BCUT2D eigenvalue weighted by Gasteiger charge is 2.17. The summed E-state index contributed by atoms with van der Waals surface area (Å²) in [7, 11) is 1.58. The van der Waals surface area contributed by atoms with Crippen LogP contribution in [0.1, 0.15) is 5.56 Å². The topological polar surface area (TPSA) is 104 Å². The number of aromatic nitrogens is 1. The van der Waals surface area contributed by atoms with Gasteiger partial charge in [-0.25, -0.2) is 15.0 Å². The number of nitrogens with one attached hydrogen (secondary N) is 2. The summed E-state index contributed by atoms with van der Waals surface area (Å²) in [6.07, 6.45) is 1.16. The first-order chi connectivity index (χ1) is 10.1. The van der Waals surface area contributed by atoms with Gasteiger partial charge in [0.2, 0.25) is 0 Å². The Labute approximate surface area is 123 Å². The molecule has 0 radical (unpaired) electrons. The van der Waals surface area contributed by atoms with Crippen molar-refractivity contribution in [3.8, 4) is 5.75 Å². The van der Waals surface area contributed by atoms with Crippen LogP contribution in [0.3, 0.4) is 0 Å². The van der Waals surface area contributed by atoms with Gasteiger partial charge in [-0.05, 0) is 29.0 Å². The largest absolute Gasteiger partial charge is 0.497 e. The van der Waals surface area contributed by atoms with Gasteiger partial charge in [0.05, 0.1) is 12.0 Å². The van der Waals surface area contributed by atoms with E-state index in [4.69, 9.17) is 9.94 Å². The fourth-order valence-corrected chi connectivity index (χ4v) is 2.11. The van der Waals surface area contributed by atoms with E-state index in [2.05, 4.69) is 15.6 Å². The fraction of sp³-hybridized carbons (Fsp3) is 0.167. The highest BCUT2D eigenvalue weighted by atomic mass is 32.1. The Morgan fingerprint density at radius 1 is 1.43 bits per heavy atom. The summed E-state index contributed by atoms with van der Waals surface area (Å²) in [5, 5.41) is 14.0. The molecule has 2 aromatic rings. The molecule has 21 heavy (non-hydrogen) atoms. The summed E-state index contributed by atoms with van der Waals surface area (Å²) in [4.78, 5) is 25.7. The number of rotatable bonds is 5. The number of hydrogen-bond donors (Lipinski definition) is 3. The average Bonchev–Trinajstić information content (AvgIpc) is 2.94. The van der Waals surface area contributed by atoms with Crippen molar-refractivity contribution in [2.45, 2.75) is 6.54 Å². The van der Waals surface area contributed by atoms with Crippen molar-refractivity contribution in [2.75, 3.05) is 12.4 Å². The molecule has 3 N–H and O–H groups in total. The van der Waals surface area contributed by atoms with E-state index in [0.717, 1.165) is 28.8 Å². The van der Waals surface area contributed by atoms with E-state index in [1.54, 1.807) is 19.2 Å². The van der Waals surface area contributed by atoms with Crippen molar-refractivity contribution < 1.29 is 19.7 Å². The molecule has 0 fully saturated rings.